The Balaban J connectivity index is 1.73. The Bertz CT molecular complexity index is 1370. The van der Waals surface area contributed by atoms with Crippen LogP contribution in [0.4, 0.5) is 5.69 Å². The van der Waals surface area contributed by atoms with Gasteiger partial charge in [0.15, 0.2) is 0 Å². The van der Waals surface area contributed by atoms with E-state index in [1.807, 2.05) is 6.07 Å². The monoisotopic (exact) mass is 409 g/mol. The summed E-state index contributed by atoms with van der Waals surface area (Å²) >= 11 is 0. The van der Waals surface area contributed by atoms with Crippen molar-refractivity contribution in [3.63, 3.8) is 0 Å². The second kappa shape index (κ2) is 7.25. The zero-order chi connectivity index (χ0) is 21.5. The first-order valence-corrected chi connectivity index (χ1v) is 11.0. The molecule has 0 bridgehead atoms. The van der Waals surface area contributed by atoms with Gasteiger partial charge in [-0.2, -0.15) is 0 Å². The van der Waals surface area contributed by atoms with E-state index in [0.29, 0.717) is 0 Å². The van der Waals surface area contributed by atoms with E-state index in [1.165, 1.54) is 33.4 Å². The van der Waals surface area contributed by atoms with Crippen LogP contribution in [-0.4, -0.2) is 0 Å². The normalized spacial score (nSPS) is 13.4. The first kappa shape index (κ1) is 18.7. The molecule has 0 saturated heterocycles. The maximum absolute atomic E-state index is 6.49. The lowest BCUT2D eigenvalue weighted by molar-refractivity contribution is 0.769. The van der Waals surface area contributed by atoms with E-state index in [4.69, 9.17) is 5.73 Å². The van der Waals surface area contributed by atoms with E-state index in [0.717, 1.165) is 16.8 Å². The van der Waals surface area contributed by atoms with Crippen LogP contribution >= 0.6 is 0 Å². The number of hydrogen-bond acceptors (Lipinski definition) is 1. The highest BCUT2D eigenvalue weighted by Gasteiger charge is 2.45. The lowest BCUT2D eigenvalue weighted by Gasteiger charge is -2.34. The smallest absolute Gasteiger partial charge is 0.0713 e. The minimum absolute atomic E-state index is 0.397. The molecule has 1 aliphatic carbocycles. The first-order chi connectivity index (χ1) is 15.8. The summed E-state index contributed by atoms with van der Waals surface area (Å²) in [5.74, 6) is 0. The van der Waals surface area contributed by atoms with Gasteiger partial charge in [0.1, 0.15) is 0 Å². The maximum atomic E-state index is 6.49. The van der Waals surface area contributed by atoms with Gasteiger partial charge in [0.2, 0.25) is 0 Å². The van der Waals surface area contributed by atoms with Crippen molar-refractivity contribution in [1.82, 2.24) is 0 Å². The van der Waals surface area contributed by atoms with Gasteiger partial charge in [0.05, 0.1) is 5.41 Å². The topological polar surface area (TPSA) is 26.0 Å². The molecule has 0 unspecified atom stereocenters. The molecule has 0 saturated carbocycles. The van der Waals surface area contributed by atoms with E-state index in [2.05, 4.69) is 121 Å². The molecule has 0 amide bonds. The van der Waals surface area contributed by atoms with Crippen LogP contribution in [0.25, 0.3) is 22.3 Å². The van der Waals surface area contributed by atoms with Crippen molar-refractivity contribution in [3.05, 3.63) is 150 Å². The Kier molecular flexibility index (Phi) is 4.22. The van der Waals surface area contributed by atoms with Crippen LogP contribution in [0.5, 0.6) is 0 Å². The molecule has 0 aromatic heterocycles. The van der Waals surface area contributed by atoms with Crippen molar-refractivity contribution >= 4 is 5.69 Å². The largest absolute Gasteiger partial charge is 0.398 e. The van der Waals surface area contributed by atoms with Crippen LogP contribution in [0.3, 0.4) is 0 Å². The van der Waals surface area contributed by atoms with E-state index in [-0.39, 0.29) is 0 Å². The molecule has 32 heavy (non-hydrogen) atoms. The summed E-state index contributed by atoms with van der Waals surface area (Å²) < 4.78 is 0. The molecule has 1 nitrogen and oxygen atoms in total. The van der Waals surface area contributed by atoms with Gasteiger partial charge in [-0.1, -0.05) is 115 Å². The number of anilines is 1. The zero-order valence-corrected chi connectivity index (χ0v) is 17.7. The average molecular weight is 410 g/mol. The summed E-state index contributed by atoms with van der Waals surface area (Å²) in [5, 5.41) is 0. The van der Waals surface area contributed by atoms with Crippen molar-refractivity contribution < 1.29 is 0 Å². The third-order valence-electron chi connectivity index (χ3n) is 6.73. The molecule has 5 aromatic rings. The fraction of sp³-hybridized carbons (Fsp3) is 0.0323. The highest BCUT2D eigenvalue weighted by Crippen LogP contribution is 2.56. The third kappa shape index (κ3) is 2.58. The third-order valence-corrected chi connectivity index (χ3v) is 6.73. The molecule has 5 aromatic carbocycles. The molecule has 152 valence electrons. The molecule has 0 radical (unpaired) electrons. The van der Waals surface area contributed by atoms with Gasteiger partial charge in [-0.15, -0.1) is 0 Å². The molecule has 1 aliphatic rings. The summed E-state index contributed by atoms with van der Waals surface area (Å²) in [6.45, 7) is 0. The number of hydrogen-bond donors (Lipinski definition) is 1. The fourth-order valence-corrected chi connectivity index (χ4v) is 5.37. The molecular weight excluding hydrogens is 386 g/mol. The average Bonchev–Trinajstić information content (AvgIpc) is 3.17. The Hall–Kier alpha value is -4.10. The first-order valence-electron chi connectivity index (χ1n) is 11.0. The molecule has 0 atom stereocenters. The van der Waals surface area contributed by atoms with Crippen LogP contribution in [-0.2, 0) is 5.41 Å². The van der Waals surface area contributed by atoms with Crippen molar-refractivity contribution in [1.29, 1.82) is 0 Å². The van der Waals surface area contributed by atoms with Crippen LogP contribution in [0.1, 0.15) is 22.3 Å². The van der Waals surface area contributed by atoms with Gasteiger partial charge < -0.3 is 5.73 Å². The van der Waals surface area contributed by atoms with E-state index < -0.39 is 5.41 Å². The molecule has 2 N–H and O–H groups in total. The minimum Gasteiger partial charge on any atom is -0.398 e. The summed E-state index contributed by atoms with van der Waals surface area (Å²) in [4.78, 5) is 0. The maximum Gasteiger partial charge on any atom is 0.0713 e. The summed E-state index contributed by atoms with van der Waals surface area (Å²) in [6, 6.07) is 45.4. The zero-order valence-electron chi connectivity index (χ0n) is 17.7. The molecule has 6 rings (SSSR count). The molecule has 0 spiro atoms. The number of nitrogens with two attached hydrogens (primary N) is 1. The molecule has 0 aliphatic heterocycles. The fourth-order valence-electron chi connectivity index (χ4n) is 5.37. The Labute approximate surface area is 188 Å². The SMILES string of the molecule is Nc1ccc(C2(c3ccccc3)c3ccccc3-c3ccccc32)cc1-c1ccccc1. The summed E-state index contributed by atoms with van der Waals surface area (Å²) in [7, 11) is 0. The Morgan fingerprint density at radius 2 is 0.969 bits per heavy atom. The lowest BCUT2D eigenvalue weighted by Crippen LogP contribution is -2.28. The van der Waals surface area contributed by atoms with Crippen LogP contribution in [0, 0.1) is 0 Å². The van der Waals surface area contributed by atoms with Crippen LogP contribution in [0.2, 0.25) is 0 Å². The second-order valence-electron chi connectivity index (χ2n) is 8.38. The molecule has 0 heterocycles. The predicted molar refractivity (Wildman–Crippen MR) is 134 cm³/mol. The molecule has 0 fully saturated rings. The lowest BCUT2D eigenvalue weighted by atomic mass is 9.67. The van der Waals surface area contributed by atoms with Crippen molar-refractivity contribution in [3.8, 4) is 22.3 Å². The summed E-state index contributed by atoms with van der Waals surface area (Å²) in [5.41, 5.74) is 16.8. The molecular formula is C31H23N. The van der Waals surface area contributed by atoms with Crippen LogP contribution in [0.15, 0.2) is 127 Å². The van der Waals surface area contributed by atoms with Crippen molar-refractivity contribution in [2.45, 2.75) is 5.41 Å². The second-order valence-corrected chi connectivity index (χ2v) is 8.38. The number of fused-ring (bicyclic) bond motifs is 3. The van der Waals surface area contributed by atoms with Gasteiger partial charge in [-0.3, -0.25) is 0 Å². The quantitative estimate of drug-likeness (QED) is 0.305. The van der Waals surface area contributed by atoms with Crippen molar-refractivity contribution in [2.75, 3.05) is 5.73 Å². The van der Waals surface area contributed by atoms with Gasteiger partial charge in [-0.05, 0) is 51.1 Å². The van der Waals surface area contributed by atoms with Gasteiger partial charge in [0.25, 0.3) is 0 Å². The Morgan fingerprint density at radius 1 is 0.438 bits per heavy atom. The van der Waals surface area contributed by atoms with Gasteiger partial charge in [-0.25, -0.2) is 0 Å². The van der Waals surface area contributed by atoms with Crippen molar-refractivity contribution in [2.24, 2.45) is 0 Å². The highest BCUT2D eigenvalue weighted by atomic mass is 14.6. The number of nitrogen functional groups attached to an aromatic ring is 1. The number of benzene rings is 5. The van der Waals surface area contributed by atoms with Crippen LogP contribution < -0.4 is 5.73 Å². The standard InChI is InChI=1S/C31H23N/c32-30-20-19-24(21-27(30)22-11-3-1-4-12-22)31(23-13-5-2-6-14-23)28-17-9-7-15-25(28)26-16-8-10-18-29(26)31/h1-21H,32H2. The molecule has 1 heteroatoms. The van der Waals surface area contributed by atoms with Gasteiger partial charge in [0, 0.05) is 11.3 Å². The van der Waals surface area contributed by atoms with Gasteiger partial charge >= 0.3 is 0 Å². The number of rotatable bonds is 3. The minimum atomic E-state index is -0.397. The highest BCUT2D eigenvalue weighted by molar-refractivity contribution is 5.87. The van der Waals surface area contributed by atoms with E-state index in [9.17, 15) is 0 Å². The van der Waals surface area contributed by atoms with E-state index in [1.54, 1.807) is 0 Å². The Morgan fingerprint density at radius 3 is 1.59 bits per heavy atom. The summed E-state index contributed by atoms with van der Waals surface area (Å²) in [6.07, 6.45) is 0. The van der Waals surface area contributed by atoms with E-state index >= 15 is 0 Å². The predicted octanol–water partition coefficient (Wildman–Crippen LogP) is 7.30.